The van der Waals surface area contributed by atoms with Gasteiger partial charge in [0.05, 0.1) is 0 Å². The largest absolute Gasteiger partial charge is 0.329 e. The van der Waals surface area contributed by atoms with E-state index in [-0.39, 0.29) is 11.6 Å². The minimum Gasteiger partial charge on any atom is -0.329 e. The summed E-state index contributed by atoms with van der Waals surface area (Å²) in [5.41, 5.74) is 6.89. The number of nitrogens with zero attached hydrogens (tertiary/aromatic N) is 1. The van der Waals surface area contributed by atoms with E-state index in [1.54, 1.807) is 12.1 Å². The summed E-state index contributed by atoms with van der Waals surface area (Å²) in [6, 6.07) is 6.60. The molecule has 0 saturated heterocycles. The van der Waals surface area contributed by atoms with E-state index in [0.717, 1.165) is 18.5 Å². The van der Waals surface area contributed by atoms with Gasteiger partial charge in [0.2, 0.25) is 0 Å². The molecule has 0 spiro atoms. The van der Waals surface area contributed by atoms with Crippen LogP contribution in [-0.2, 0) is 0 Å². The summed E-state index contributed by atoms with van der Waals surface area (Å²) < 4.78 is 25.0. The normalized spacial score (nSPS) is 13.2. The lowest BCUT2D eigenvalue weighted by Crippen LogP contribution is -2.31. The van der Waals surface area contributed by atoms with Crippen molar-refractivity contribution in [3.63, 3.8) is 0 Å². The van der Waals surface area contributed by atoms with Crippen molar-refractivity contribution in [3.05, 3.63) is 35.4 Å². The summed E-state index contributed by atoms with van der Waals surface area (Å²) in [4.78, 5) is 2.20. The molecule has 19 heavy (non-hydrogen) atoms. The second-order valence-corrected chi connectivity index (χ2v) is 4.91. The fourth-order valence-corrected chi connectivity index (χ4v) is 2.20. The van der Waals surface area contributed by atoms with E-state index in [0.29, 0.717) is 6.54 Å². The van der Waals surface area contributed by atoms with Crippen LogP contribution in [0.15, 0.2) is 24.3 Å². The summed E-state index contributed by atoms with van der Waals surface area (Å²) in [6.45, 7) is 3.65. The van der Waals surface area contributed by atoms with Gasteiger partial charge in [0.15, 0.2) is 0 Å². The van der Waals surface area contributed by atoms with Crippen molar-refractivity contribution in [2.45, 2.75) is 38.7 Å². The summed E-state index contributed by atoms with van der Waals surface area (Å²) >= 11 is 0. The van der Waals surface area contributed by atoms with E-state index < -0.39 is 6.43 Å². The Balaban J connectivity index is 2.67. The van der Waals surface area contributed by atoms with E-state index in [1.165, 1.54) is 25.0 Å². The maximum atomic E-state index is 12.5. The third-order valence-corrected chi connectivity index (χ3v) is 3.44. The lowest BCUT2D eigenvalue weighted by molar-refractivity contribution is 0.151. The monoisotopic (exact) mass is 270 g/mol. The summed E-state index contributed by atoms with van der Waals surface area (Å²) in [6.07, 6.45) is 1.11. The molecule has 0 fully saturated rings. The second kappa shape index (κ2) is 8.23. The van der Waals surface area contributed by atoms with E-state index in [4.69, 9.17) is 5.73 Å². The number of hydrogen-bond donors (Lipinski definition) is 1. The Bertz CT molecular complexity index is 352. The SMILES string of the molecule is CCCCCN(C)C(CN)c1ccc(C(F)F)cc1. The van der Waals surface area contributed by atoms with Crippen LogP contribution < -0.4 is 5.73 Å². The van der Waals surface area contributed by atoms with E-state index in [2.05, 4.69) is 11.8 Å². The molecule has 1 rings (SSSR count). The molecule has 1 atom stereocenters. The number of halogens is 2. The van der Waals surface area contributed by atoms with Crippen LogP contribution in [0.5, 0.6) is 0 Å². The molecule has 0 aliphatic heterocycles. The van der Waals surface area contributed by atoms with Gasteiger partial charge in [-0.05, 0) is 25.6 Å². The highest BCUT2D eigenvalue weighted by atomic mass is 19.3. The Morgan fingerprint density at radius 2 is 1.68 bits per heavy atom. The average molecular weight is 270 g/mol. The lowest BCUT2D eigenvalue weighted by atomic mass is 10.0. The van der Waals surface area contributed by atoms with Crippen LogP contribution in [0.25, 0.3) is 0 Å². The molecule has 0 bridgehead atoms. The van der Waals surface area contributed by atoms with Crippen molar-refractivity contribution in [3.8, 4) is 0 Å². The first-order chi connectivity index (χ1) is 9.10. The fourth-order valence-electron chi connectivity index (χ4n) is 2.20. The van der Waals surface area contributed by atoms with E-state index in [1.807, 2.05) is 7.05 Å². The molecule has 2 N–H and O–H groups in total. The summed E-state index contributed by atoms with van der Waals surface area (Å²) in [5.74, 6) is 0. The third kappa shape index (κ3) is 4.88. The number of alkyl halides is 2. The van der Waals surface area contributed by atoms with Gasteiger partial charge in [-0.3, -0.25) is 4.90 Å². The molecule has 2 nitrogen and oxygen atoms in total. The molecule has 0 saturated carbocycles. The molecule has 0 aromatic heterocycles. The molecule has 1 unspecified atom stereocenters. The van der Waals surface area contributed by atoms with Crippen LogP contribution in [0.1, 0.15) is 49.8 Å². The zero-order chi connectivity index (χ0) is 14.3. The van der Waals surface area contributed by atoms with Crippen LogP contribution in [0, 0.1) is 0 Å². The van der Waals surface area contributed by atoms with Crippen molar-refractivity contribution in [2.24, 2.45) is 5.73 Å². The molecular formula is C15H24F2N2. The number of likely N-dealkylation sites (N-methyl/N-ethyl adjacent to an activating group) is 1. The first-order valence-electron chi connectivity index (χ1n) is 6.88. The number of nitrogens with two attached hydrogens (primary N) is 1. The minimum absolute atomic E-state index is 0.0631. The predicted molar refractivity (Wildman–Crippen MR) is 75.3 cm³/mol. The van der Waals surface area contributed by atoms with Gasteiger partial charge in [-0.25, -0.2) is 8.78 Å². The third-order valence-electron chi connectivity index (χ3n) is 3.44. The standard InChI is InChI=1S/C15H24F2N2/c1-3-4-5-10-19(2)14(11-18)12-6-8-13(9-7-12)15(16)17/h6-9,14-15H,3-5,10-11,18H2,1-2H3. The fraction of sp³-hybridized carbons (Fsp3) is 0.600. The number of hydrogen-bond acceptors (Lipinski definition) is 2. The molecule has 1 aromatic rings. The molecule has 0 amide bonds. The van der Waals surface area contributed by atoms with Gasteiger partial charge in [0.1, 0.15) is 0 Å². The molecular weight excluding hydrogens is 246 g/mol. The van der Waals surface area contributed by atoms with Crippen molar-refractivity contribution in [1.82, 2.24) is 4.90 Å². The Hall–Kier alpha value is -1.00. The van der Waals surface area contributed by atoms with E-state index >= 15 is 0 Å². The average Bonchev–Trinajstić information content (AvgIpc) is 2.40. The Morgan fingerprint density at radius 3 is 2.16 bits per heavy atom. The molecule has 0 aliphatic rings. The molecule has 0 heterocycles. The van der Waals surface area contributed by atoms with E-state index in [9.17, 15) is 8.78 Å². The van der Waals surface area contributed by atoms with Crippen LogP contribution in [-0.4, -0.2) is 25.0 Å². The zero-order valence-electron chi connectivity index (χ0n) is 11.8. The summed E-state index contributed by atoms with van der Waals surface area (Å²) in [7, 11) is 2.04. The van der Waals surface area contributed by atoms with Gasteiger partial charge in [0, 0.05) is 18.2 Å². The first-order valence-corrected chi connectivity index (χ1v) is 6.88. The Morgan fingerprint density at radius 1 is 1.11 bits per heavy atom. The molecule has 108 valence electrons. The first kappa shape index (κ1) is 16.1. The highest BCUT2D eigenvalue weighted by Gasteiger charge is 2.15. The maximum Gasteiger partial charge on any atom is 0.263 e. The molecule has 0 aliphatic carbocycles. The van der Waals surface area contributed by atoms with Gasteiger partial charge in [-0.15, -0.1) is 0 Å². The van der Waals surface area contributed by atoms with Crippen LogP contribution in [0.2, 0.25) is 0 Å². The van der Waals surface area contributed by atoms with Crippen molar-refractivity contribution < 1.29 is 8.78 Å². The second-order valence-electron chi connectivity index (χ2n) is 4.91. The van der Waals surface area contributed by atoms with Gasteiger partial charge < -0.3 is 5.73 Å². The molecule has 0 radical (unpaired) electrons. The van der Waals surface area contributed by atoms with Gasteiger partial charge in [-0.2, -0.15) is 0 Å². The Kier molecular flexibility index (Phi) is 6.95. The van der Waals surface area contributed by atoms with Crippen LogP contribution in [0.3, 0.4) is 0 Å². The summed E-state index contributed by atoms with van der Waals surface area (Å²) in [5, 5.41) is 0. The van der Waals surface area contributed by atoms with Crippen molar-refractivity contribution in [1.29, 1.82) is 0 Å². The maximum absolute atomic E-state index is 12.5. The quantitative estimate of drug-likeness (QED) is 0.729. The minimum atomic E-state index is -2.41. The van der Waals surface area contributed by atoms with Crippen LogP contribution in [0.4, 0.5) is 8.78 Å². The number of rotatable bonds is 8. The van der Waals surface area contributed by atoms with Crippen LogP contribution >= 0.6 is 0 Å². The molecule has 1 aromatic carbocycles. The Labute approximate surface area is 114 Å². The molecule has 4 heteroatoms. The predicted octanol–water partition coefficient (Wildman–Crippen LogP) is 3.75. The van der Waals surface area contributed by atoms with Crippen molar-refractivity contribution in [2.75, 3.05) is 20.1 Å². The topological polar surface area (TPSA) is 29.3 Å². The number of benzene rings is 1. The smallest absolute Gasteiger partial charge is 0.263 e. The van der Waals surface area contributed by atoms with Crippen molar-refractivity contribution >= 4 is 0 Å². The van der Waals surface area contributed by atoms with Gasteiger partial charge in [-0.1, -0.05) is 44.0 Å². The van der Waals surface area contributed by atoms with Gasteiger partial charge >= 0.3 is 0 Å². The van der Waals surface area contributed by atoms with Gasteiger partial charge in [0.25, 0.3) is 6.43 Å². The number of unbranched alkanes of at least 4 members (excludes halogenated alkanes) is 2. The highest BCUT2D eigenvalue weighted by molar-refractivity contribution is 5.26. The lowest BCUT2D eigenvalue weighted by Gasteiger charge is -2.27. The highest BCUT2D eigenvalue weighted by Crippen LogP contribution is 2.23. The zero-order valence-corrected chi connectivity index (χ0v) is 11.8.